The molecule has 0 spiro atoms. The van der Waals surface area contributed by atoms with E-state index in [1.54, 1.807) is 12.3 Å². The molecule has 19 heavy (non-hydrogen) atoms. The summed E-state index contributed by atoms with van der Waals surface area (Å²) in [4.78, 5) is 15.5. The van der Waals surface area contributed by atoms with Gasteiger partial charge in [0.05, 0.1) is 5.75 Å². The third-order valence-electron chi connectivity index (χ3n) is 2.26. The Kier molecular flexibility index (Phi) is 4.35. The first-order chi connectivity index (χ1) is 9.22. The molecule has 0 fully saturated rings. The smallest absolute Gasteiger partial charge is 0.230 e. The Bertz CT molecular complexity index is 556. The first-order valence-electron chi connectivity index (χ1n) is 5.73. The fourth-order valence-corrected chi connectivity index (χ4v) is 2.11. The van der Waals surface area contributed by atoms with Crippen LogP contribution >= 0.6 is 11.8 Å². The number of rotatable bonds is 5. The van der Waals surface area contributed by atoms with Gasteiger partial charge in [0.2, 0.25) is 16.9 Å². The van der Waals surface area contributed by atoms with E-state index in [0.29, 0.717) is 23.2 Å². The third kappa shape index (κ3) is 3.22. The molecule has 0 atom stereocenters. The number of nitrogens with zero attached hydrogens (tertiary/aromatic N) is 4. The molecule has 0 aromatic carbocycles. The topological polar surface area (TPSA) is 98.7 Å². The van der Waals surface area contributed by atoms with E-state index in [4.69, 9.17) is 5.84 Å². The van der Waals surface area contributed by atoms with Crippen LogP contribution in [0.15, 0.2) is 29.6 Å². The van der Waals surface area contributed by atoms with Crippen LogP contribution in [-0.4, -0.2) is 38.1 Å². The van der Waals surface area contributed by atoms with Crippen LogP contribution in [0.25, 0.3) is 11.5 Å². The summed E-state index contributed by atoms with van der Waals surface area (Å²) < 4.78 is 1.34. The number of hydrogen-bond donors (Lipinski definition) is 2. The van der Waals surface area contributed by atoms with Crippen LogP contribution in [0.4, 0.5) is 0 Å². The lowest BCUT2D eigenvalue weighted by molar-refractivity contribution is -0.118. The molecule has 0 bridgehead atoms. The Hall–Kier alpha value is -2.09. The summed E-state index contributed by atoms with van der Waals surface area (Å²) >= 11 is 1.24. The predicted octanol–water partition coefficient (Wildman–Crippen LogP) is 0.282. The van der Waals surface area contributed by atoms with Gasteiger partial charge in [-0.25, -0.2) is 4.68 Å². The molecule has 2 heterocycles. The van der Waals surface area contributed by atoms with Crippen molar-refractivity contribution in [3.63, 3.8) is 0 Å². The van der Waals surface area contributed by atoms with Gasteiger partial charge >= 0.3 is 0 Å². The lowest BCUT2D eigenvalue weighted by atomic mass is 10.3. The first-order valence-corrected chi connectivity index (χ1v) is 6.72. The number of thioether (sulfide) groups is 1. The molecule has 0 saturated heterocycles. The second-order valence-corrected chi connectivity index (χ2v) is 4.58. The summed E-state index contributed by atoms with van der Waals surface area (Å²) in [7, 11) is 0. The zero-order valence-electron chi connectivity index (χ0n) is 10.4. The molecule has 2 aromatic heterocycles. The van der Waals surface area contributed by atoms with Crippen LogP contribution in [-0.2, 0) is 4.79 Å². The maximum absolute atomic E-state index is 11.4. The molecule has 8 heteroatoms. The van der Waals surface area contributed by atoms with Gasteiger partial charge in [0.1, 0.15) is 5.69 Å². The van der Waals surface area contributed by atoms with E-state index in [2.05, 4.69) is 20.5 Å². The number of nitrogens with two attached hydrogens (primary N) is 1. The maximum Gasteiger partial charge on any atom is 0.230 e. The van der Waals surface area contributed by atoms with Crippen LogP contribution < -0.4 is 11.2 Å². The Morgan fingerprint density at radius 1 is 1.47 bits per heavy atom. The van der Waals surface area contributed by atoms with Gasteiger partial charge in [0, 0.05) is 12.7 Å². The standard InChI is InChI=1S/C11H14N6OS/c1-2-13-9(18)7-19-11-16-15-10(17(11)12)8-5-3-4-6-14-8/h3-6H,2,7,12H2,1H3,(H,13,18). The van der Waals surface area contributed by atoms with Gasteiger partial charge in [0.25, 0.3) is 0 Å². The molecule has 0 radical (unpaired) electrons. The number of nitrogens with one attached hydrogen (secondary N) is 1. The van der Waals surface area contributed by atoms with E-state index in [9.17, 15) is 4.79 Å². The molecule has 2 aromatic rings. The van der Waals surface area contributed by atoms with Crippen molar-refractivity contribution in [2.75, 3.05) is 18.1 Å². The summed E-state index contributed by atoms with van der Waals surface area (Å²) in [6.07, 6.45) is 1.66. The molecule has 0 unspecified atom stereocenters. The van der Waals surface area contributed by atoms with Crippen LogP contribution in [0.1, 0.15) is 6.92 Å². The minimum atomic E-state index is -0.0603. The fraction of sp³-hybridized carbons (Fsp3) is 0.273. The molecule has 100 valence electrons. The van der Waals surface area contributed by atoms with Gasteiger partial charge in [-0.15, -0.1) is 10.2 Å². The highest BCUT2D eigenvalue weighted by Gasteiger charge is 2.13. The predicted molar refractivity (Wildman–Crippen MR) is 72.8 cm³/mol. The van der Waals surface area contributed by atoms with E-state index < -0.39 is 0 Å². The van der Waals surface area contributed by atoms with Gasteiger partial charge in [-0.2, -0.15) is 0 Å². The van der Waals surface area contributed by atoms with Crippen LogP contribution in [0.5, 0.6) is 0 Å². The van der Waals surface area contributed by atoms with Crippen molar-refractivity contribution >= 4 is 17.7 Å². The fourth-order valence-electron chi connectivity index (χ4n) is 1.42. The number of amides is 1. The lowest BCUT2D eigenvalue weighted by Gasteiger charge is -2.03. The highest BCUT2D eigenvalue weighted by molar-refractivity contribution is 7.99. The second kappa shape index (κ2) is 6.19. The van der Waals surface area contributed by atoms with Crippen molar-refractivity contribution in [3.8, 4) is 11.5 Å². The number of aromatic nitrogens is 4. The molecular formula is C11H14N6OS. The Balaban J connectivity index is 2.09. The van der Waals surface area contributed by atoms with Gasteiger partial charge in [-0.3, -0.25) is 9.78 Å². The van der Waals surface area contributed by atoms with Crippen molar-refractivity contribution in [1.82, 2.24) is 25.2 Å². The molecular weight excluding hydrogens is 264 g/mol. The van der Waals surface area contributed by atoms with Crippen molar-refractivity contribution in [2.24, 2.45) is 0 Å². The second-order valence-electron chi connectivity index (χ2n) is 3.63. The van der Waals surface area contributed by atoms with E-state index >= 15 is 0 Å². The Morgan fingerprint density at radius 2 is 2.32 bits per heavy atom. The summed E-state index contributed by atoms with van der Waals surface area (Å²) in [5.74, 6) is 6.56. The number of hydrogen-bond acceptors (Lipinski definition) is 6. The molecule has 3 N–H and O–H groups in total. The molecule has 0 aliphatic carbocycles. The van der Waals surface area contributed by atoms with E-state index in [0.717, 1.165) is 0 Å². The van der Waals surface area contributed by atoms with E-state index in [-0.39, 0.29) is 11.7 Å². The first kappa shape index (κ1) is 13.3. The van der Waals surface area contributed by atoms with Gasteiger partial charge in [-0.05, 0) is 19.1 Å². The SMILES string of the molecule is CCNC(=O)CSc1nnc(-c2ccccn2)n1N. The van der Waals surface area contributed by atoms with Gasteiger partial charge < -0.3 is 11.2 Å². The largest absolute Gasteiger partial charge is 0.356 e. The summed E-state index contributed by atoms with van der Waals surface area (Å²) in [5.41, 5.74) is 0.641. The molecule has 2 rings (SSSR count). The quantitative estimate of drug-likeness (QED) is 0.602. The van der Waals surface area contributed by atoms with Crippen LogP contribution in [0, 0.1) is 0 Å². The number of nitrogen functional groups attached to an aromatic ring is 1. The maximum atomic E-state index is 11.4. The zero-order chi connectivity index (χ0) is 13.7. The van der Waals surface area contributed by atoms with E-state index in [1.807, 2.05) is 19.1 Å². The molecule has 0 saturated carbocycles. The van der Waals surface area contributed by atoms with Crippen molar-refractivity contribution in [1.29, 1.82) is 0 Å². The summed E-state index contributed by atoms with van der Waals surface area (Å²) in [5, 5.41) is 11.1. The highest BCUT2D eigenvalue weighted by Crippen LogP contribution is 2.19. The van der Waals surface area contributed by atoms with Crippen LogP contribution in [0.3, 0.4) is 0 Å². The summed E-state index contributed by atoms with van der Waals surface area (Å²) in [6.45, 7) is 2.47. The van der Waals surface area contributed by atoms with Gasteiger partial charge in [-0.1, -0.05) is 17.8 Å². The molecule has 0 aliphatic rings. The van der Waals surface area contributed by atoms with Crippen molar-refractivity contribution in [3.05, 3.63) is 24.4 Å². The Morgan fingerprint density at radius 3 is 3.00 bits per heavy atom. The minimum absolute atomic E-state index is 0.0603. The molecule has 7 nitrogen and oxygen atoms in total. The summed E-state index contributed by atoms with van der Waals surface area (Å²) in [6, 6.07) is 5.45. The zero-order valence-corrected chi connectivity index (χ0v) is 11.2. The number of carbonyl (C=O) groups is 1. The number of pyridine rings is 1. The minimum Gasteiger partial charge on any atom is -0.356 e. The Labute approximate surface area is 114 Å². The monoisotopic (exact) mass is 278 g/mol. The van der Waals surface area contributed by atoms with Crippen molar-refractivity contribution in [2.45, 2.75) is 12.1 Å². The third-order valence-corrected chi connectivity index (χ3v) is 3.21. The highest BCUT2D eigenvalue weighted by atomic mass is 32.2. The molecule has 0 aliphatic heterocycles. The van der Waals surface area contributed by atoms with E-state index in [1.165, 1.54) is 16.4 Å². The van der Waals surface area contributed by atoms with Crippen LogP contribution in [0.2, 0.25) is 0 Å². The average Bonchev–Trinajstić information content (AvgIpc) is 2.79. The number of carbonyl (C=O) groups excluding carboxylic acids is 1. The average molecular weight is 278 g/mol. The normalized spacial score (nSPS) is 10.4. The lowest BCUT2D eigenvalue weighted by Crippen LogP contribution is -2.24. The van der Waals surface area contributed by atoms with Gasteiger partial charge in [0.15, 0.2) is 0 Å². The molecule has 1 amide bonds. The van der Waals surface area contributed by atoms with Crippen molar-refractivity contribution < 1.29 is 4.79 Å².